The number of Topliss-reactive ketones (excluding diaryl/α,β-unsaturated/α-hetero) is 1. The summed E-state index contributed by atoms with van der Waals surface area (Å²) in [6.07, 6.45) is 1.43. The van der Waals surface area contributed by atoms with Crippen LogP contribution < -0.4 is 4.74 Å². The van der Waals surface area contributed by atoms with E-state index in [-0.39, 0.29) is 23.4 Å². The second kappa shape index (κ2) is 11.5. The van der Waals surface area contributed by atoms with Crippen molar-refractivity contribution in [3.05, 3.63) is 101 Å². The lowest BCUT2D eigenvalue weighted by atomic mass is 9.95. The first-order chi connectivity index (χ1) is 18.2. The largest absolute Gasteiger partial charge is 0.507 e. The predicted octanol–water partition coefficient (Wildman–Crippen LogP) is 6.29. The van der Waals surface area contributed by atoms with Crippen molar-refractivity contribution in [3.8, 4) is 5.75 Å². The van der Waals surface area contributed by atoms with Crippen molar-refractivity contribution < 1.29 is 32.6 Å². The Kier molecular flexibility index (Phi) is 8.14. The molecule has 0 aliphatic carbocycles. The number of aliphatic hydroxyl groups excluding tert-OH is 1. The molecule has 2 heterocycles. The fraction of sp³-hybridized carbons (Fsp3) is 0.276. The minimum absolute atomic E-state index is 0.148. The third-order valence-corrected chi connectivity index (χ3v) is 6.31. The average Bonchev–Trinajstić information content (AvgIpc) is 3.16. The maximum absolute atomic E-state index is 13.3. The number of pyridine rings is 1. The standard InChI is InChI=1S/C29H27F3N2O4/c1-2-3-4-16-38-23-10-8-21(9-11-23)26(35)24-25(20-12-14-33-15-13-20)34(28(37)27(24)36)18-19-6-5-7-22(17-19)29(30,31)32/h5-15,17,25,35H,2-4,16,18H2,1H3/b26-24+. The molecule has 2 aromatic carbocycles. The number of likely N-dealkylation sites (tertiary alicyclic amines) is 1. The molecule has 1 saturated heterocycles. The van der Waals surface area contributed by atoms with E-state index < -0.39 is 29.5 Å². The first-order valence-electron chi connectivity index (χ1n) is 12.3. The number of ketones is 1. The summed E-state index contributed by atoms with van der Waals surface area (Å²) in [5.41, 5.74) is -0.00942. The van der Waals surface area contributed by atoms with Crippen LogP contribution in [-0.4, -0.2) is 33.3 Å². The molecule has 0 spiro atoms. The monoisotopic (exact) mass is 524 g/mol. The summed E-state index contributed by atoms with van der Waals surface area (Å²) in [5.74, 6) is -1.61. The Balaban J connectivity index is 1.69. The number of ether oxygens (including phenoxy) is 1. The first-order valence-corrected chi connectivity index (χ1v) is 12.3. The van der Waals surface area contributed by atoms with Gasteiger partial charge in [0.25, 0.3) is 11.7 Å². The van der Waals surface area contributed by atoms with Crippen molar-refractivity contribution >= 4 is 17.4 Å². The van der Waals surface area contributed by atoms with E-state index in [1.165, 1.54) is 29.4 Å². The fourth-order valence-corrected chi connectivity index (χ4v) is 4.38. The molecular weight excluding hydrogens is 497 g/mol. The van der Waals surface area contributed by atoms with Crippen LogP contribution in [0.25, 0.3) is 5.76 Å². The molecular formula is C29H27F3N2O4. The van der Waals surface area contributed by atoms with Crippen LogP contribution >= 0.6 is 0 Å². The molecule has 38 heavy (non-hydrogen) atoms. The zero-order valence-corrected chi connectivity index (χ0v) is 20.7. The third-order valence-electron chi connectivity index (χ3n) is 6.31. The minimum atomic E-state index is -4.56. The van der Waals surface area contributed by atoms with Crippen molar-refractivity contribution in [3.63, 3.8) is 0 Å². The van der Waals surface area contributed by atoms with Gasteiger partial charge in [-0.1, -0.05) is 31.9 Å². The molecule has 198 valence electrons. The Morgan fingerprint density at radius 2 is 1.74 bits per heavy atom. The highest BCUT2D eigenvalue weighted by Gasteiger charge is 2.46. The maximum atomic E-state index is 13.3. The summed E-state index contributed by atoms with van der Waals surface area (Å²) in [6.45, 7) is 2.39. The van der Waals surface area contributed by atoms with Gasteiger partial charge in [-0.2, -0.15) is 13.2 Å². The quantitative estimate of drug-likeness (QED) is 0.154. The SMILES string of the molecule is CCCCCOc1ccc(/C(O)=C2\C(=O)C(=O)N(Cc3cccc(C(F)(F)F)c3)C2c2ccncc2)cc1. The highest BCUT2D eigenvalue weighted by atomic mass is 19.4. The highest BCUT2D eigenvalue weighted by molar-refractivity contribution is 6.46. The smallest absolute Gasteiger partial charge is 0.416 e. The number of alkyl halides is 3. The molecule has 0 bridgehead atoms. The lowest BCUT2D eigenvalue weighted by Crippen LogP contribution is -2.29. The van der Waals surface area contributed by atoms with Crippen molar-refractivity contribution in [1.29, 1.82) is 0 Å². The Bertz CT molecular complexity index is 1320. The number of benzene rings is 2. The van der Waals surface area contributed by atoms with Gasteiger partial charge in [0.1, 0.15) is 11.5 Å². The van der Waals surface area contributed by atoms with Gasteiger partial charge in [-0.15, -0.1) is 0 Å². The van der Waals surface area contributed by atoms with Gasteiger partial charge < -0.3 is 14.7 Å². The molecule has 1 N–H and O–H groups in total. The van der Waals surface area contributed by atoms with Crippen LogP contribution in [0.2, 0.25) is 0 Å². The molecule has 0 radical (unpaired) electrons. The molecule has 1 atom stereocenters. The van der Waals surface area contributed by atoms with E-state index in [9.17, 15) is 27.9 Å². The molecule has 1 aromatic heterocycles. The lowest BCUT2D eigenvalue weighted by molar-refractivity contribution is -0.140. The maximum Gasteiger partial charge on any atom is 0.416 e. The molecule has 1 unspecified atom stereocenters. The van der Waals surface area contributed by atoms with Gasteiger partial charge in [0, 0.05) is 24.5 Å². The number of hydrogen-bond donors (Lipinski definition) is 1. The van der Waals surface area contributed by atoms with Gasteiger partial charge >= 0.3 is 6.18 Å². The number of rotatable bonds is 9. The number of aliphatic hydroxyl groups is 1. The van der Waals surface area contributed by atoms with E-state index in [0.717, 1.165) is 31.4 Å². The van der Waals surface area contributed by atoms with Crippen LogP contribution in [0, 0.1) is 0 Å². The Hall–Kier alpha value is -4.14. The number of carbonyl (C=O) groups excluding carboxylic acids is 2. The van der Waals surface area contributed by atoms with Crippen LogP contribution in [-0.2, 0) is 22.3 Å². The topological polar surface area (TPSA) is 79.7 Å². The molecule has 6 nitrogen and oxygen atoms in total. The van der Waals surface area contributed by atoms with E-state index >= 15 is 0 Å². The highest BCUT2D eigenvalue weighted by Crippen LogP contribution is 2.40. The molecule has 3 aromatic rings. The van der Waals surface area contributed by atoms with Gasteiger partial charge in [0.05, 0.1) is 23.8 Å². The number of carbonyl (C=O) groups is 2. The zero-order valence-electron chi connectivity index (χ0n) is 20.7. The summed E-state index contributed by atoms with van der Waals surface area (Å²) in [5, 5.41) is 11.2. The second-order valence-electron chi connectivity index (χ2n) is 8.99. The predicted molar refractivity (Wildman–Crippen MR) is 135 cm³/mol. The van der Waals surface area contributed by atoms with Gasteiger partial charge in [-0.05, 0) is 66.1 Å². The molecule has 4 rings (SSSR count). The number of aromatic nitrogens is 1. The molecule has 1 aliphatic heterocycles. The van der Waals surface area contributed by atoms with Crippen molar-refractivity contribution in [2.75, 3.05) is 6.61 Å². The summed E-state index contributed by atoms with van der Waals surface area (Å²) in [7, 11) is 0. The molecule has 0 saturated carbocycles. The molecule has 1 aliphatic rings. The van der Waals surface area contributed by atoms with Gasteiger partial charge in [0.15, 0.2) is 0 Å². The van der Waals surface area contributed by atoms with Crippen LogP contribution in [0.4, 0.5) is 13.2 Å². The summed E-state index contributed by atoms with van der Waals surface area (Å²) in [6, 6.07) is 13.3. The Morgan fingerprint density at radius 1 is 1.03 bits per heavy atom. The lowest BCUT2D eigenvalue weighted by Gasteiger charge is -2.25. The van der Waals surface area contributed by atoms with Crippen LogP contribution in [0.5, 0.6) is 5.75 Å². The number of halogens is 3. The average molecular weight is 525 g/mol. The molecule has 1 fully saturated rings. The van der Waals surface area contributed by atoms with E-state index in [2.05, 4.69) is 11.9 Å². The first kappa shape index (κ1) is 26.9. The van der Waals surface area contributed by atoms with Crippen LogP contribution in [0.1, 0.15) is 54.5 Å². The van der Waals surface area contributed by atoms with Crippen LogP contribution in [0.15, 0.2) is 78.6 Å². The Labute approximate surface area is 218 Å². The number of amides is 1. The molecule has 9 heteroatoms. The Morgan fingerprint density at radius 3 is 2.39 bits per heavy atom. The minimum Gasteiger partial charge on any atom is -0.507 e. The third kappa shape index (κ3) is 5.88. The normalized spacial score (nSPS) is 17.2. The van der Waals surface area contributed by atoms with Gasteiger partial charge in [-0.25, -0.2) is 0 Å². The summed E-state index contributed by atoms with van der Waals surface area (Å²) in [4.78, 5) is 31.4. The van der Waals surface area contributed by atoms with Crippen molar-refractivity contribution in [2.24, 2.45) is 0 Å². The van der Waals surface area contributed by atoms with Crippen molar-refractivity contribution in [1.82, 2.24) is 9.88 Å². The fourth-order valence-electron chi connectivity index (χ4n) is 4.38. The van der Waals surface area contributed by atoms with E-state index in [1.807, 2.05) is 0 Å². The number of unbranched alkanes of at least 4 members (excludes halogenated alkanes) is 2. The second-order valence-corrected chi connectivity index (χ2v) is 8.99. The van der Waals surface area contributed by atoms with E-state index in [0.29, 0.717) is 23.5 Å². The summed E-state index contributed by atoms with van der Waals surface area (Å²) >= 11 is 0. The van der Waals surface area contributed by atoms with E-state index in [1.54, 1.807) is 36.4 Å². The molecule has 1 amide bonds. The van der Waals surface area contributed by atoms with Crippen LogP contribution in [0.3, 0.4) is 0 Å². The van der Waals surface area contributed by atoms with Gasteiger partial charge in [0.2, 0.25) is 0 Å². The zero-order chi connectivity index (χ0) is 27.3. The van der Waals surface area contributed by atoms with E-state index in [4.69, 9.17) is 4.74 Å². The van der Waals surface area contributed by atoms with Crippen molar-refractivity contribution in [2.45, 2.75) is 44.9 Å². The number of hydrogen-bond acceptors (Lipinski definition) is 5. The summed E-state index contributed by atoms with van der Waals surface area (Å²) < 4.78 is 45.5. The number of nitrogens with zero attached hydrogens (tertiary/aromatic N) is 2. The van der Waals surface area contributed by atoms with Gasteiger partial charge in [-0.3, -0.25) is 14.6 Å².